The van der Waals surface area contributed by atoms with E-state index in [0.717, 1.165) is 43.0 Å². The van der Waals surface area contributed by atoms with Gasteiger partial charge in [-0.1, -0.05) is 0 Å². The Kier molecular flexibility index (Phi) is 2.72. The zero-order chi connectivity index (χ0) is 13.7. The molecule has 1 aromatic carbocycles. The molecule has 3 aliphatic rings. The first-order chi connectivity index (χ1) is 9.70. The molecule has 0 aromatic heterocycles. The third-order valence-corrected chi connectivity index (χ3v) is 5.30. The smallest absolute Gasteiger partial charge is 0.129 e. The maximum Gasteiger partial charge on any atom is 0.129 e. The molecule has 2 fully saturated rings. The average Bonchev–Trinajstić information content (AvgIpc) is 2.88. The van der Waals surface area contributed by atoms with Gasteiger partial charge >= 0.3 is 0 Å². The van der Waals surface area contributed by atoms with Crippen molar-refractivity contribution in [3.63, 3.8) is 0 Å². The number of hydrogen-bond donors (Lipinski definition) is 1. The number of benzene rings is 1. The van der Waals surface area contributed by atoms with E-state index in [9.17, 15) is 5.11 Å². The fourth-order valence-corrected chi connectivity index (χ4v) is 4.12. The molecule has 3 aliphatic heterocycles. The van der Waals surface area contributed by atoms with Crippen molar-refractivity contribution in [3.05, 3.63) is 23.8 Å². The maximum absolute atomic E-state index is 10.5. The van der Waals surface area contributed by atoms with E-state index in [1.807, 2.05) is 18.2 Å². The lowest BCUT2D eigenvalue weighted by Gasteiger charge is -2.47. The van der Waals surface area contributed by atoms with E-state index in [1.54, 1.807) is 7.11 Å². The molecule has 1 N–H and O–H groups in total. The highest BCUT2D eigenvalue weighted by atomic mass is 16.5. The molecule has 3 unspecified atom stereocenters. The minimum absolute atomic E-state index is 0.175. The Bertz CT molecular complexity index is 532. The highest BCUT2D eigenvalue weighted by molar-refractivity contribution is 5.44. The summed E-state index contributed by atoms with van der Waals surface area (Å²) >= 11 is 0. The van der Waals surface area contributed by atoms with Crippen molar-refractivity contribution in [3.8, 4) is 11.5 Å². The number of aliphatic hydroxyl groups excluding tert-OH is 1. The molecule has 3 heterocycles. The van der Waals surface area contributed by atoms with Crippen molar-refractivity contribution >= 4 is 0 Å². The molecule has 2 bridgehead atoms. The molecule has 1 spiro atoms. The number of ether oxygens (including phenoxy) is 2. The number of fused-ring (bicyclic) bond motifs is 4. The lowest BCUT2D eigenvalue weighted by molar-refractivity contribution is -0.0737. The number of aliphatic hydroxyl groups is 1. The highest BCUT2D eigenvalue weighted by Crippen LogP contribution is 2.49. The fourth-order valence-electron chi connectivity index (χ4n) is 4.12. The molecule has 4 heteroatoms. The normalized spacial score (nSPS) is 38.4. The lowest BCUT2D eigenvalue weighted by atomic mass is 9.75. The largest absolute Gasteiger partial charge is 0.497 e. The van der Waals surface area contributed by atoms with E-state index in [2.05, 4.69) is 4.90 Å². The van der Waals surface area contributed by atoms with Crippen LogP contribution in [-0.4, -0.2) is 42.4 Å². The van der Waals surface area contributed by atoms with Crippen molar-refractivity contribution < 1.29 is 14.6 Å². The molecule has 20 heavy (non-hydrogen) atoms. The first kappa shape index (κ1) is 12.5. The van der Waals surface area contributed by atoms with Crippen molar-refractivity contribution in [2.45, 2.75) is 31.0 Å². The molecule has 0 aliphatic carbocycles. The van der Waals surface area contributed by atoms with E-state index >= 15 is 0 Å². The van der Waals surface area contributed by atoms with Gasteiger partial charge in [-0.05, 0) is 25.1 Å². The van der Waals surface area contributed by atoms with Gasteiger partial charge in [-0.3, -0.25) is 0 Å². The quantitative estimate of drug-likeness (QED) is 0.851. The summed E-state index contributed by atoms with van der Waals surface area (Å²) in [6, 6.07) is 5.73. The minimum Gasteiger partial charge on any atom is -0.497 e. The SMILES string of the molecule is COc1ccc2c(c1)OC1(CCN3CCC1C3)C[C@H]2O. The zero-order valence-electron chi connectivity index (χ0n) is 11.8. The van der Waals surface area contributed by atoms with E-state index in [-0.39, 0.29) is 5.60 Å². The first-order valence-corrected chi connectivity index (χ1v) is 7.47. The molecule has 0 radical (unpaired) electrons. The third kappa shape index (κ3) is 1.75. The Labute approximate surface area is 119 Å². The van der Waals surface area contributed by atoms with Gasteiger partial charge in [0.2, 0.25) is 0 Å². The molecule has 108 valence electrons. The average molecular weight is 275 g/mol. The summed E-state index contributed by atoms with van der Waals surface area (Å²) in [5, 5.41) is 10.5. The summed E-state index contributed by atoms with van der Waals surface area (Å²) in [5.74, 6) is 2.14. The predicted molar refractivity (Wildman–Crippen MR) is 75.1 cm³/mol. The summed E-state index contributed by atoms with van der Waals surface area (Å²) < 4.78 is 11.7. The third-order valence-electron chi connectivity index (χ3n) is 5.30. The second kappa shape index (κ2) is 4.37. The van der Waals surface area contributed by atoms with E-state index in [1.165, 1.54) is 13.0 Å². The van der Waals surface area contributed by atoms with Gasteiger partial charge in [0.05, 0.1) is 13.2 Å². The Balaban J connectivity index is 1.71. The van der Waals surface area contributed by atoms with Gasteiger partial charge in [-0.2, -0.15) is 0 Å². The van der Waals surface area contributed by atoms with Crippen LogP contribution in [0.3, 0.4) is 0 Å². The van der Waals surface area contributed by atoms with E-state index < -0.39 is 6.10 Å². The fraction of sp³-hybridized carbons (Fsp3) is 0.625. The van der Waals surface area contributed by atoms with E-state index in [4.69, 9.17) is 9.47 Å². The molecule has 0 saturated carbocycles. The second-order valence-corrected chi connectivity index (χ2v) is 6.33. The van der Waals surface area contributed by atoms with Gasteiger partial charge in [0.1, 0.15) is 17.1 Å². The molecule has 4 nitrogen and oxygen atoms in total. The molecule has 2 saturated heterocycles. The maximum atomic E-state index is 10.5. The zero-order valence-corrected chi connectivity index (χ0v) is 11.8. The van der Waals surface area contributed by atoms with Crippen LogP contribution in [0.15, 0.2) is 18.2 Å². The van der Waals surface area contributed by atoms with Crippen LogP contribution in [0.2, 0.25) is 0 Å². The summed E-state index contributed by atoms with van der Waals surface area (Å²) in [6.07, 6.45) is 2.51. The van der Waals surface area contributed by atoms with Gasteiger partial charge in [0.15, 0.2) is 0 Å². The van der Waals surface area contributed by atoms with Crippen molar-refractivity contribution in [1.29, 1.82) is 0 Å². The molecule has 0 amide bonds. The number of nitrogens with zero attached hydrogens (tertiary/aromatic N) is 1. The number of piperidine rings is 1. The van der Waals surface area contributed by atoms with Crippen LogP contribution in [0.25, 0.3) is 0 Å². The van der Waals surface area contributed by atoms with E-state index in [0.29, 0.717) is 5.92 Å². The van der Waals surface area contributed by atoms with Crippen LogP contribution in [0.1, 0.15) is 30.9 Å². The van der Waals surface area contributed by atoms with Gasteiger partial charge in [0.25, 0.3) is 0 Å². The molecular weight excluding hydrogens is 254 g/mol. The summed E-state index contributed by atoms with van der Waals surface area (Å²) in [4.78, 5) is 2.51. The van der Waals surface area contributed by atoms with Crippen LogP contribution >= 0.6 is 0 Å². The van der Waals surface area contributed by atoms with Crippen molar-refractivity contribution in [2.75, 3.05) is 26.7 Å². The number of hydrogen-bond acceptors (Lipinski definition) is 4. The topological polar surface area (TPSA) is 41.9 Å². The summed E-state index contributed by atoms with van der Waals surface area (Å²) in [5.41, 5.74) is 0.725. The van der Waals surface area contributed by atoms with Crippen molar-refractivity contribution in [2.24, 2.45) is 5.92 Å². The van der Waals surface area contributed by atoms with Crippen LogP contribution in [0.4, 0.5) is 0 Å². The highest BCUT2D eigenvalue weighted by Gasteiger charge is 2.51. The second-order valence-electron chi connectivity index (χ2n) is 6.33. The lowest BCUT2D eigenvalue weighted by Crippen LogP contribution is -2.53. The van der Waals surface area contributed by atoms with Gasteiger partial charge < -0.3 is 19.5 Å². The summed E-state index contributed by atoms with van der Waals surface area (Å²) in [6.45, 7) is 3.38. The predicted octanol–water partition coefficient (Wildman–Crippen LogP) is 1.98. The van der Waals surface area contributed by atoms with Gasteiger partial charge in [-0.15, -0.1) is 0 Å². The molecular formula is C16H21NO3. The van der Waals surface area contributed by atoms with Crippen LogP contribution < -0.4 is 9.47 Å². The van der Waals surface area contributed by atoms with Crippen LogP contribution in [-0.2, 0) is 0 Å². The first-order valence-electron chi connectivity index (χ1n) is 7.47. The number of methoxy groups -OCH3 is 1. The van der Waals surface area contributed by atoms with Crippen LogP contribution in [0, 0.1) is 5.92 Å². The standard InChI is InChI=1S/C16H21NO3/c1-19-12-2-3-13-14(18)9-16(20-15(13)8-12)5-7-17-6-4-11(16)10-17/h2-3,8,11,14,18H,4-7,9-10H2,1H3/t11?,14-,16?/m1/s1. The monoisotopic (exact) mass is 275 g/mol. The minimum atomic E-state index is -0.420. The van der Waals surface area contributed by atoms with Gasteiger partial charge in [0, 0.05) is 43.5 Å². The Morgan fingerprint density at radius 1 is 1.40 bits per heavy atom. The van der Waals surface area contributed by atoms with Gasteiger partial charge in [-0.25, -0.2) is 0 Å². The van der Waals surface area contributed by atoms with Crippen LogP contribution in [0.5, 0.6) is 11.5 Å². The number of rotatable bonds is 1. The molecule has 1 aromatic rings. The Morgan fingerprint density at radius 3 is 3.15 bits per heavy atom. The molecule has 4 rings (SSSR count). The Morgan fingerprint density at radius 2 is 2.30 bits per heavy atom. The summed E-state index contributed by atoms with van der Waals surface area (Å²) in [7, 11) is 1.66. The Hall–Kier alpha value is -1.26. The molecule has 4 atom stereocenters. The van der Waals surface area contributed by atoms with Crippen molar-refractivity contribution in [1.82, 2.24) is 4.90 Å².